The van der Waals surface area contributed by atoms with Crippen LogP contribution >= 0.6 is 0 Å². The summed E-state index contributed by atoms with van der Waals surface area (Å²) in [6.07, 6.45) is -3.90. The van der Waals surface area contributed by atoms with E-state index < -0.39 is 11.7 Å². The summed E-state index contributed by atoms with van der Waals surface area (Å²) in [4.78, 5) is 12.1. The number of anilines is 1. The van der Waals surface area contributed by atoms with E-state index in [2.05, 4.69) is 5.32 Å². The molecule has 0 aromatic heterocycles. The summed E-state index contributed by atoms with van der Waals surface area (Å²) in [7, 11) is 1.49. The predicted molar refractivity (Wildman–Crippen MR) is 95.9 cm³/mol. The molecule has 0 fully saturated rings. The summed E-state index contributed by atoms with van der Waals surface area (Å²) in [6, 6.07) is 9.74. The standard InChI is InChI=1S/C19H21F3N2O3/c1-26-17-12-15(7-8-16(17)27-11-10-23)24-18(25)9-4-13-2-5-14(6-3-13)19(20,21)22/h2-3,5-8,12H,4,9-11,23H2,1H3,(H,24,25). The van der Waals surface area contributed by atoms with Crippen molar-refractivity contribution in [2.24, 2.45) is 5.73 Å². The van der Waals surface area contributed by atoms with Gasteiger partial charge in [0.2, 0.25) is 5.91 Å². The molecule has 0 aliphatic carbocycles. The number of hydrogen-bond donors (Lipinski definition) is 2. The minimum Gasteiger partial charge on any atom is -0.493 e. The fourth-order valence-electron chi connectivity index (χ4n) is 2.38. The van der Waals surface area contributed by atoms with Gasteiger partial charge in [0.1, 0.15) is 6.61 Å². The van der Waals surface area contributed by atoms with Gasteiger partial charge in [-0.05, 0) is 36.2 Å². The SMILES string of the molecule is COc1cc(NC(=O)CCc2ccc(C(F)(F)F)cc2)ccc1OCCN. The highest BCUT2D eigenvalue weighted by molar-refractivity contribution is 5.91. The summed E-state index contributed by atoms with van der Waals surface area (Å²) in [6.45, 7) is 0.709. The zero-order valence-corrected chi connectivity index (χ0v) is 14.8. The van der Waals surface area contributed by atoms with E-state index in [0.29, 0.717) is 42.3 Å². The number of alkyl halides is 3. The van der Waals surface area contributed by atoms with E-state index in [1.54, 1.807) is 18.2 Å². The molecule has 1 amide bonds. The number of amides is 1. The van der Waals surface area contributed by atoms with Crippen molar-refractivity contribution in [3.63, 3.8) is 0 Å². The third kappa shape index (κ3) is 6.18. The van der Waals surface area contributed by atoms with Gasteiger partial charge in [-0.3, -0.25) is 4.79 Å². The molecule has 0 unspecified atom stereocenters. The molecule has 0 heterocycles. The maximum Gasteiger partial charge on any atom is 0.416 e. The minimum atomic E-state index is -4.37. The maximum absolute atomic E-state index is 12.5. The smallest absolute Gasteiger partial charge is 0.416 e. The van der Waals surface area contributed by atoms with E-state index in [1.165, 1.54) is 19.2 Å². The van der Waals surface area contributed by atoms with Crippen LogP contribution in [0.2, 0.25) is 0 Å². The van der Waals surface area contributed by atoms with Crippen molar-refractivity contribution < 1.29 is 27.4 Å². The highest BCUT2D eigenvalue weighted by Gasteiger charge is 2.29. The molecular formula is C19H21F3N2O3. The number of rotatable bonds is 8. The average molecular weight is 382 g/mol. The van der Waals surface area contributed by atoms with Crippen LogP contribution in [-0.2, 0) is 17.4 Å². The third-order valence-corrected chi connectivity index (χ3v) is 3.74. The Bertz CT molecular complexity index is 762. The Balaban J connectivity index is 1.91. The lowest BCUT2D eigenvalue weighted by atomic mass is 10.1. The van der Waals surface area contributed by atoms with Crippen molar-refractivity contribution in [1.29, 1.82) is 0 Å². The first-order valence-electron chi connectivity index (χ1n) is 8.30. The van der Waals surface area contributed by atoms with Gasteiger partial charge in [-0.15, -0.1) is 0 Å². The minimum absolute atomic E-state index is 0.138. The average Bonchev–Trinajstić information content (AvgIpc) is 2.64. The molecule has 0 radical (unpaired) electrons. The second-order valence-electron chi connectivity index (χ2n) is 5.75. The Kier molecular flexibility index (Phi) is 7.06. The van der Waals surface area contributed by atoms with Crippen LogP contribution in [0, 0.1) is 0 Å². The van der Waals surface area contributed by atoms with E-state index in [1.807, 2.05) is 0 Å². The zero-order valence-electron chi connectivity index (χ0n) is 14.8. The molecule has 0 bridgehead atoms. The van der Waals surface area contributed by atoms with E-state index >= 15 is 0 Å². The van der Waals surface area contributed by atoms with Crippen molar-refractivity contribution in [1.82, 2.24) is 0 Å². The summed E-state index contributed by atoms with van der Waals surface area (Å²) in [5.41, 5.74) is 5.87. The maximum atomic E-state index is 12.5. The molecule has 2 aromatic rings. The largest absolute Gasteiger partial charge is 0.493 e. The van der Waals surface area contributed by atoms with Gasteiger partial charge in [-0.25, -0.2) is 0 Å². The van der Waals surface area contributed by atoms with Crippen molar-refractivity contribution >= 4 is 11.6 Å². The molecule has 146 valence electrons. The number of hydrogen-bond acceptors (Lipinski definition) is 4. The second-order valence-corrected chi connectivity index (χ2v) is 5.75. The van der Waals surface area contributed by atoms with Gasteiger partial charge in [0.15, 0.2) is 11.5 Å². The highest BCUT2D eigenvalue weighted by atomic mass is 19.4. The molecule has 0 spiro atoms. The first kappa shape index (κ1) is 20.6. The molecule has 5 nitrogen and oxygen atoms in total. The van der Waals surface area contributed by atoms with Crippen molar-refractivity contribution in [3.8, 4) is 11.5 Å². The molecular weight excluding hydrogens is 361 g/mol. The first-order valence-corrected chi connectivity index (χ1v) is 8.30. The van der Waals surface area contributed by atoms with Gasteiger partial charge in [-0.2, -0.15) is 13.2 Å². The van der Waals surface area contributed by atoms with Crippen LogP contribution in [0.4, 0.5) is 18.9 Å². The van der Waals surface area contributed by atoms with E-state index in [4.69, 9.17) is 15.2 Å². The van der Waals surface area contributed by atoms with Gasteiger partial charge < -0.3 is 20.5 Å². The number of ether oxygens (including phenoxy) is 2. The monoisotopic (exact) mass is 382 g/mol. The second kappa shape index (κ2) is 9.27. The summed E-state index contributed by atoms with van der Waals surface area (Å²) < 4.78 is 48.3. The Morgan fingerprint density at radius 1 is 1.11 bits per heavy atom. The van der Waals surface area contributed by atoms with Crippen LogP contribution in [0.3, 0.4) is 0 Å². The zero-order chi connectivity index (χ0) is 19.9. The van der Waals surface area contributed by atoms with Crippen LogP contribution in [0.25, 0.3) is 0 Å². The number of carbonyl (C=O) groups is 1. The lowest BCUT2D eigenvalue weighted by molar-refractivity contribution is -0.137. The first-order chi connectivity index (χ1) is 12.8. The van der Waals surface area contributed by atoms with E-state index in [9.17, 15) is 18.0 Å². The Morgan fingerprint density at radius 3 is 2.41 bits per heavy atom. The van der Waals surface area contributed by atoms with Gasteiger partial charge in [0, 0.05) is 24.7 Å². The quantitative estimate of drug-likeness (QED) is 0.731. The Hall–Kier alpha value is -2.74. The van der Waals surface area contributed by atoms with Gasteiger partial charge in [0.05, 0.1) is 12.7 Å². The number of nitrogens with one attached hydrogen (secondary N) is 1. The molecule has 2 aromatic carbocycles. The fraction of sp³-hybridized carbons (Fsp3) is 0.316. The lowest BCUT2D eigenvalue weighted by Crippen LogP contribution is -2.13. The molecule has 8 heteroatoms. The Labute approximate surface area is 155 Å². The Morgan fingerprint density at radius 2 is 1.81 bits per heavy atom. The number of methoxy groups -OCH3 is 1. The lowest BCUT2D eigenvalue weighted by Gasteiger charge is -2.12. The molecule has 27 heavy (non-hydrogen) atoms. The molecule has 0 saturated carbocycles. The van der Waals surface area contributed by atoms with Crippen LogP contribution in [0.1, 0.15) is 17.5 Å². The van der Waals surface area contributed by atoms with Crippen molar-refractivity contribution in [2.75, 3.05) is 25.6 Å². The summed E-state index contributed by atoms with van der Waals surface area (Å²) >= 11 is 0. The third-order valence-electron chi connectivity index (χ3n) is 3.74. The number of aryl methyl sites for hydroxylation is 1. The van der Waals surface area contributed by atoms with Crippen molar-refractivity contribution in [2.45, 2.75) is 19.0 Å². The number of nitrogens with two attached hydrogens (primary N) is 1. The van der Waals surface area contributed by atoms with Crippen molar-refractivity contribution in [3.05, 3.63) is 53.6 Å². The molecule has 0 atom stereocenters. The number of halogens is 3. The number of benzene rings is 2. The molecule has 0 aliphatic rings. The van der Waals surface area contributed by atoms with E-state index in [0.717, 1.165) is 12.1 Å². The van der Waals surface area contributed by atoms with Gasteiger partial charge >= 0.3 is 6.18 Å². The van der Waals surface area contributed by atoms with Gasteiger partial charge in [0.25, 0.3) is 0 Å². The summed E-state index contributed by atoms with van der Waals surface area (Å²) in [5, 5.41) is 2.73. The number of carbonyl (C=O) groups excluding carboxylic acids is 1. The van der Waals surface area contributed by atoms with Crippen LogP contribution in [0.15, 0.2) is 42.5 Å². The van der Waals surface area contributed by atoms with Crippen LogP contribution in [0.5, 0.6) is 11.5 Å². The van der Waals surface area contributed by atoms with Crippen LogP contribution < -0.4 is 20.5 Å². The molecule has 3 N–H and O–H groups in total. The summed E-state index contributed by atoms with van der Waals surface area (Å²) in [5.74, 6) is 0.724. The molecule has 2 rings (SSSR count). The normalized spacial score (nSPS) is 11.1. The molecule has 0 saturated heterocycles. The van der Waals surface area contributed by atoms with Gasteiger partial charge in [-0.1, -0.05) is 12.1 Å². The highest BCUT2D eigenvalue weighted by Crippen LogP contribution is 2.31. The molecule has 0 aliphatic heterocycles. The van der Waals surface area contributed by atoms with Crippen LogP contribution in [-0.4, -0.2) is 26.2 Å². The predicted octanol–water partition coefficient (Wildman–Crippen LogP) is 3.62. The van der Waals surface area contributed by atoms with E-state index in [-0.39, 0.29) is 12.3 Å². The fourth-order valence-corrected chi connectivity index (χ4v) is 2.38. The topological polar surface area (TPSA) is 73.6 Å².